The molecule has 0 saturated carbocycles. The van der Waals surface area contributed by atoms with E-state index in [0.717, 1.165) is 10.0 Å². The SMILES string of the molecule is COC(=O)[C@@H]1N[C@H](c2ccc(Br)cc2)[C@H]2C(=O)[C@H]3C[C@@H](C#N)[C@H]([C@H]21)N3C. The van der Waals surface area contributed by atoms with Gasteiger partial charge in [0.2, 0.25) is 0 Å². The van der Waals surface area contributed by atoms with Crippen molar-refractivity contribution in [2.75, 3.05) is 14.2 Å². The Morgan fingerprint density at radius 3 is 2.69 bits per heavy atom. The van der Waals surface area contributed by atoms with Crippen LogP contribution in [0.2, 0.25) is 0 Å². The molecule has 0 amide bonds. The van der Waals surface area contributed by atoms with Crippen molar-refractivity contribution in [1.82, 2.24) is 10.2 Å². The smallest absolute Gasteiger partial charge is 0.323 e. The molecular weight excluding hydrogens is 398 g/mol. The van der Waals surface area contributed by atoms with Crippen LogP contribution < -0.4 is 5.32 Å². The normalized spacial score (nSPS) is 38.7. The summed E-state index contributed by atoms with van der Waals surface area (Å²) in [6.45, 7) is 0. The van der Waals surface area contributed by atoms with Gasteiger partial charge in [-0.15, -0.1) is 0 Å². The standard InChI is InChI=1S/C19H20BrN3O3/c1-23-12-7-10(8-21)17(23)13-14(18(12)24)15(22-16(13)19(25)26-2)9-3-5-11(20)6-4-9/h3-6,10,12-17,22H,7H2,1-2H3/t10-,12+,13+,14-,15+,16+,17+/m0/s1. The van der Waals surface area contributed by atoms with Crippen molar-refractivity contribution in [3.8, 4) is 6.07 Å². The summed E-state index contributed by atoms with van der Waals surface area (Å²) in [4.78, 5) is 27.8. The van der Waals surface area contributed by atoms with E-state index in [1.807, 2.05) is 36.2 Å². The second kappa shape index (κ2) is 6.45. The Bertz CT molecular complexity index is 790. The highest BCUT2D eigenvalue weighted by Gasteiger charge is 2.63. The number of nitrogens with zero attached hydrogens (tertiary/aromatic N) is 2. The first-order chi connectivity index (χ1) is 12.5. The number of nitrogens with one attached hydrogen (secondary N) is 1. The minimum absolute atomic E-state index is 0.121. The van der Waals surface area contributed by atoms with Crippen LogP contribution in [0.1, 0.15) is 18.0 Å². The van der Waals surface area contributed by atoms with E-state index >= 15 is 0 Å². The highest BCUT2D eigenvalue weighted by Crippen LogP contribution is 2.51. The van der Waals surface area contributed by atoms with Crippen LogP contribution in [0.15, 0.2) is 28.7 Å². The molecule has 0 radical (unpaired) electrons. The molecular formula is C19H20BrN3O3. The van der Waals surface area contributed by atoms with Gasteiger partial charge in [-0.2, -0.15) is 5.26 Å². The van der Waals surface area contributed by atoms with Crippen LogP contribution in [-0.2, 0) is 14.3 Å². The van der Waals surface area contributed by atoms with Crippen LogP contribution in [0.5, 0.6) is 0 Å². The predicted octanol–water partition coefficient (Wildman–Crippen LogP) is 1.66. The topological polar surface area (TPSA) is 82.4 Å². The van der Waals surface area contributed by atoms with Crippen LogP contribution in [0, 0.1) is 29.1 Å². The van der Waals surface area contributed by atoms with E-state index in [0.29, 0.717) is 6.42 Å². The van der Waals surface area contributed by atoms with E-state index in [2.05, 4.69) is 27.3 Å². The van der Waals surface area contributed by atoms with Gasteiger partial charge in [-0.05, 0) is 31.2 Å². The lowest BCUT2D eigenvalue weighted by Gasteiger charge is -2.41. The summed E-state index contributed by atoms with van der Waals surface area (Å²) in [7, 11) is 3.25. The number of rotatable bonds is 2. The number of ketones is 1. The number of benzene rings is 1. The van der Waals surface area contributed by atoms with E-state index in [4.69, 9.17) is 4.74 Å². The van der Waals surface area contributed by atoms with E-state index < -0.39 is 6.04 Å². The maximum atomic E-state index is 13.3. The molecule has 1 aromatic rings. The molecule has 6 nitrogen and oxygen atoms in total. The average molecular weight is 418 g/mol. The maximum absolute atomic E-state index is 13.3. The number of ether oxygens (including phenoxy) is 1. The molecule has 136 valence electrons. The van der Waals surface area contributed by atoms with E-state index in [1.54, 1.807) is 0 Å². The zero-order valence-corrected chi connectivity index (χ0v) is 16.1. The van der Waals surface area contributed by atoms with Gasteiger partial charge >= 0.3 is 5.97 Å². The molecule has 0 aliphatic carbocycles. The quantitative estimate of drug-likeness (QED) is 0.736. The van der Waals surface area contributed by atoms with Gasteiger partial charge in [0.1, 0.15) is 6.04 Å². The van der Waals surface area contributed by atoms with Crippen molar-refractivity contribution in [1.29, 1.82) is 5.26 Å². The highest BCUT2D eigenvalue weighted by atomic mass is 79.9. The number of likely N-dealkylation sites (N-methyl/N-ethyl adjacent to an activating group) is 1. The molecule has 4 rings (SSSR count). The molecule has 3 heterocycles. The molecule has 3 saturated heterocycles. The zero-order chi connectivity index (χ0) is 18.6. The van der Waals surface area contributed by atoms with Crippen LogP contribution in [0.3, 0.4) is 0 Å². The van der Waals surface area contributed by atoms with Gasteiger partial charge in [0.15, 0.2) is 5.78 Å². The first-order valence-corrected chi connectivity index (χ1v) is 9.52. The highest BCUT2D eigenvalue weighted by molar-refractivity contribution is 9.10. The van der Waals surface area contributed by atoms with Crippen molar-refractivity contribution in [2.24, 2.45) is 17.8 Å². The lowest BCUT2D eigenvalue weighted by Crippen LogP contribution is -2.56. The summed E-state index contributed by atoms with van der Waals surface area (Å²) < 4.78 is 5.97. The lowest BCUT2D eigenvalue weighted by molar-refractivity contribution is -0.146. The van der Waals surface area contributed by atoms with Gasteiger partial charge in [-0.1, -0.05) is 28.1 Å². The number of methoxy groups -OCH3 is 1. The van der Waals surface area contributed by atoms with Gasteiger partial charge < -0.3 is 4.74 Å². The number of piperidine rings is 1. The molecule has 3 fully saturated rings. The third kappa shape index (κ3) is 2.43. The summed E-state index contributed by atoms with van der Waals surface area (Å²) in [5, 5.41) is 13.0. The van der Waals surface area contributed by atoms with E-state index in [9.17, 15) is 14.9 Å². The van der Waals surface area contributed by atoms with Gasteiger partial charge in [-0.3, -0.25) is 19.8 Å². The number of Topliss-reactive ketones (excluding diaryl/α,β-unsaturated/α-hetero) is 1. The molecule has 7 heteroatoms. The fourth-order valence-electron chi connectivity index (χ4n) is 5.17. The summed E-state index contributed by atoms with van der Waals surface area (Å²) in [5.41, 5.74) is 0.973. The average Bonchev–Trinajstić information content (AvgIpc) is 3.15. The molecule has 0 unspecified atom stereocenters. The molecule has 7 atom stereocenters. The van der Waals surface area contributed by atoms with Crippen molar-refractivity contribution in [3.05, 3.63) is 34.3 Å². The Kier molecular flexibility index (Phi) is 4.38. The number of carbonyl (C=O) groups is 2. The molecule has 0 spiro atoms. The Hall–Kier alpha value is -1.75. The molecule has 1 aromatic carbocycles. The number of carbonyl (C=O) groups excluding carboxylic acids is 2. The molecule has 3 aliphatic heterocycles. The van der Waals surface area contributed by atoms with Gasteiger partial charge in [-0.25, -0.2) is 0 Å². The van der Waals surface area contributed by atoms with Gasteiger partial charge in [0, 0.05) is 28.4 Å². The molecule has 2 bridgehead atoms. The Morgan fingerprint density at radius 2 is 2.08 bits per heavy atom. The number of halogens is 1. The Morgan fingerprint density at radius 1 is 1.38 bits per heavy atom. The summed E-state index contributed by atoms with van der Waals surface area (Å²) in [6.07, 6.45) is 0.546. The third-order valence-electron chi connectivity index (χ3n) is 6.27. The summed E-state index contributed by atoms with van der Waals surface area (Å²) >= 11 is 3.43. The number of esters is 1. The Labute approximate surface area is 160 Å². The number of hydrogen-bond acceptors (Lipinski definition) is 6. The lowest BCUT2D eigenvalue weighted by atomic mass is 9.73. The minimum Gasteiger partial charge on any atom is -0.468 e. The van der Waals surface area contributed by atoms with Crippen LogP contribution in [0.4, 0.5) is 0 Å². The predicted molar refractivity (Wildman–Crippen MR) is 96.9 cm³/mol. The van der Waals surface area contributed by atoms with E-state index in [1.165, 1.54) is 7.11 Å². The largest absolute Gasteiger partial charge is 0.468 e. The third-order valence-corrected chi connectivity index (χ3v) is 6.80. The van der Waals surface area contributed by atoms with Gasteiger partial charge in [0.05, 0.1) is 25.1 Å². The first-order valence-electron chi connectivity index (χ1n) is 8.72. The fraction of sp³-hybridized carbons (Fsp3) is 0.526. The molecule has 1 N–H and O–H groups in total. The molecule has 0 aromatic heterocycles. The monoisotopic (exact) mass is 417 g/mol. The first kappa shape index (κ1) is 17.7. The van der Waals surface area contributed by atoms with Crippen molar-refractivity contribution in [3.63, 3.8) is 0 Å². The van der Waals surface area contributed by atoms with E-state index in [-0.39, 0.29) is 47.6 Å². The number of nitriles is 1. The summed E-state index contributed by atoms with van der Waals surface area (Å²) in [6, 6.07) is 8.95. The van der Waals surface area contributed by atoms with Crippen molar-refractivity contribution in [2.45, 2.75) is 30.6 Å². The zero-order valence-electron chi connectivity index (χ0n) is 14.6. The van der Waals surface area contributed by atoms with Crippen LogP contribution >= 0.6 is 15.9 Å². The second-order valence-electron chi connectivity index (χ2n) is 7.35. The minimum atomic E-state index is -0.593. The van der Waals surface area contributed by atoms with Crippen LogP contribution in [-0.4, -0.2) is 48.9 Å². The van der Waals surface area contributed by atoms with Crippen LogP contribution in [0.25, 0.3) is 0 Å². The molecule has 26 heavy (non-hydrogen) atoms. The fourth-order valence-corrected chi connectivity index (χ4v) is 5.44. The van der Waals surface area contributed by atoms with Gasteiger partial charge in [0.25, 0.3) is 0 Å². The summed E-state index contributed by atoms with van der Waals surface area (Å²) in [5.74, 6) is -1.09. The number of hydrogen-bond donors (Lipinski definition) is 1. The molecule has 3 aliphatic rings. The second-order valence-corrected chi connectivity index (χ2v) is 8.26. The van der Waals surface area contributed by atoms with Crippen molar-refractivity contribution >= 4 is 27.7 Å². The maximum Gasteiger partial charge on any atom is 0.323 e. The Balaban J connectivity index is 1.79. The number of fused-ring (bicyclic) bond motifs is 4. The van der Waals surface area contributed by atoms with Crippen molar-refractivity contribution < 1.29 is 14.3 Å².